The summed E-state index contributed by atoms with van der Waals surface area (Å²) in [7, 11) is 0. The maximum absolute atomic E-state index is 13.7. The maximum atomic E-state index is 13.7. The Bertz CT molecular complexity index is 1430. The molecule has 2 aliphatic heterocycles. The van der Waals surface area contributed by atoms with Gasteiger partial charge in [0.05, 0.1) is 45.2 Å². The molecule has 7 atom stereocenters. The van der Waals surface area contributed by atoms with E-state index in [4.69, 9.17) is 4.42 Å². The molecule has 180 valence electrons. The number of thiazole rings is 1. The second kappa shape index (κ2) is 7.13. The highest BCUT2D eigenvalue weighted by Gasteiger charge is 2.70. The summed E-state index contributed by atoms with van der Waals surface area (Å²) in [6, 6.07) is 8.37. The van der Waals surface area contributed by atoms with Gasteiger partial charge in [-0.15, -0.1) is 11.8 Å². The molecule has 3 aromatic rings. The molecule has 1 saturated heterocycles. The van der Waals surface area contributed by atoms with Crippen LogP contribution in [0.1, 0.15) is 28.5 Å². The Balaban J connectivity index is 1.32. The van der Waals surface area contributed by atoms with Crippen LogP contribution in [0.4, 0.5) is 18.9 Å². The van der Waals surface area contributed by atoms with Crippen molar-refractivity contribution in [2.45, 2.75) is 28.8 Å². The molecule has 7 rings (SSSR count). The van der Waals surface area contributed by atoms with E-state index in [1.165, 1.54) is 30.0 Å². The lowest BCUT2D eigenvalue weighted by molar-refractivity contribution is -0.137. The summed E-state index contributed by atoms with van der Waals surface area (Å²) in [5.41, 5.74) is -1.39. The number of carbonyl (C=O) groups is 2. The first-order valence-electron chi connectivity index (χ1n) is 11.2. The molecule has 1 N–H and O–H groups in total. The molecule has 0 radical (unpaired) electrons. The van der Waals surface area contributed by atoms with E-state index in [1.807, 2.05) is 6.07 Å². The predicted molar refractivity (Wildman–Crippen MR) is 121 cm³/mol. The van der Waals surface area contributed by atoms with Gasteiger partial charge in [0.2, 0.25) is 11.8 Å². The lowest BCUT2D eigenvalue weighted by Crippen LogP contribution is -2.42. The smallest absolute Gasteiger partial charge is 0.418 e. The van der Waals surface area contributed by atoms with E-state index in [2.05, 4.69) is 4.98 Å². The van der Waals surface area contributed by atoms with E-state index in [0.717, 1.165) is 32.2 Å². The summed E-state index contributed by atoms with van der Waals surface area (Å²) < 4.78 is 46.9. The number of fused-ring (bicyclic) bond motifs is 9. The quantitative estimate of drug-likeness (QED) is 0.496. The van der Waals surface area contributed by atoms with E-state index >= 15 is 0 Å². The van der Waals surface area contributed by atoms with Crippen LogP contribution < -0.4 is 9.77 Å². The van der Waals surface area contributed by atoms with Crippen molar-refractivity contribution in [3.63, 3.8) is 0 Å². The molecule has 0 spiro atoms. The predicted octanol–water partition coefficient (Wildman–Crippen LogP) is 4.73. The molecule has 35 heavy (non-hydrogen) atoms. The van der Waals surface area contributed by atoms with Crippen LogP contribution in [-0.2, 0) is 15.8 Å². The SMILES string of the molecule is O=C1C2C3CC(C2C(=O)N1c1ccccc1C(F)(F)F)C1C3Sc2[nH]c(=O)sc2[C@@H]1c1ccco1. The number of anilines is 1. The van der Waals surface area contributed by atoms with Crippen molar-refractivity contribution in [1.29, 1.82) is 0 Å². The third-order valence-corrected chi connectivity index (χ3v) is 10.6. The van der Waals surface area contributed by atoms with Gasteiger partial charge in [-0.3, -0.25) is 14.4 Å². The lowest BCUT2D eigenvalue weighted by atomic mass is 9.69. The molecule has 6 unspecified atom stereocenters. The fourth-order valence-corrected chi connectivity index (χ4v) is 9.82. The number of thioether (sulfide) groups is 1. The van der Waals surface area contributed by atoms with Gasteiger partial charge in [-0.1, -0.05) is 23.5 Å². The van der Waals surface area contributed by atoms with Crippen molar-refractivity contribution >= 4 is 40.6 Å². The lowest BCUT2D eigenvalue weighted by Gasteiger charge is -2.42. The average molecular weight is 519 g/mol. The molecule has 11 heteroatoms. The number of furan rings is 1. The number of aromatic amines is 1. The number of H-pyrrole nitrogens is 1. The number of imide groups is 1. The first-order chi connectivity index (χ1) is 16.8. The fourth-order valence-electron chi connectivity index (χ4n) is 6.95. The maximum Gasteiger partial charge on any atom is 0.418 e. The second-order valence-corrected chi connectivity index (χ2v) is 11.7. The number of carbonyl (C=O) groups excluding carboxylic acids is 2. The highest BCUT2D eigenvalue weighted by molar-refractivity contribution is 8.00. The number of benzene rings is 1. The molecule has 6 nitrogen and oxygen atoms in total. The molecule has 1 aromatic carbocycles. The minimum atomic E-state index is -4.69. The van der Waals surface area contributed by atoms with Crippen molar-refractivity contribution in [3.05, 3.63) is 68.5 Å². The molecule has 3 fully saturated rings. The summed E-state index contributed by atoms with van der Waals surface area (Å²) in [4.78, 5) is 43.7. The highest BCUT2D eigenvalue weighted by atomic mass is 32.2. The van der Waals surface area contributed by atoms with Crippen molar-refractivity contribution in [3.8, 4) is 0 Å². The van der Waals surface area contributed by atoms with Gasteiger partial charge in [-0.2, -0.15) is 13.2 Å². The zero-order chi connectivity index (χ0) is 24.2. The van der Waals surface area contributed by atoms with Crippen LogP contribution in [0.15, 0.2) is 56.9 Å². The number of nitrogens with one attached hydrogen (secondary N) is 1. The minimum Gasteiger partial charge on any atom is -0.469 e. The van der Waals surface area contributed by atoms with E-state index in [1.54, 1.807) is 12.3 Å². The standard InChI is InChI=1S/C24H17F3N2O4S2/c25-24(26,27)11-4-1-2-5-12(11)29-21(30)15-9-8-10(16(15)22(29)31)18-14(9)17(13-6-3-7-33-13)19-20(34-18)28-23(32)35-19/h1-7,9-10,14-18H,8H2,(H,28,32)/t9?,10?,14?,15?,16?,17-,18?/m1/s1. The van der Waals surface area contributed by atoms with E-state index in [9.17, 15) is 27.6 Å². The Morgan fingerprint density at radius 1 is 1.00 bits per heavy atom. The Hall–Kier alpha value is -2.79. The molecular formula is C24H17F3N2O4S2. The monoisotopic (exact) mass is 518 g/mol. The molecule has 2 saturated carbocycles. The Morgan fingerprint density at radius 3 is 2.46 bits per heavy atom. The number of aromatic nitrogens is 1. The first-order valence-corrected chi connectivity index (χ1v) is 12.9. The van der Waals surface area contributed by atoms with Crippen LogP contribution in [-0.4, -0.2) is 22.0 Å². The number of hydrogen-bond acceptors (Lipinski definition) is 6. The van der Waals surface area contributed by atoms with Gasteiger partial charge >= 0.3 is 11.0 Å². The van der Waals surface area contributed by atoms with Crippen LogP contribution in [0.5, 0.6) is 0 Å². The summed E-state index contributed by atoms with van der Waals surface area (Å²) in [6.07, 6.45) is -2.47. The molecular weight excluding hydrogens is 501 g/mol. The van der Waals surface area contributed by atoms with Crippen LogP contribution in [0, 0.1) is 29.6 Å². The van der Waals surface area contributed by atoms with Crippen LogP contribution in [0.3, 0.4) is 0 Å². The fraction of sp³-hybridized carbons (Fsp3) is 0.375. The summed E-state index contributed by atoms with van der Waals surface area (Å²) in [5.74, 6) is -2.43. The number of hydrogen-bond donors (Lipinski definition) is 1. The highest BCUT2D eigenvalue weighted by Crippen LogP contribution is 2.68. The van der Waals surface area contributed by atoms with Gasteiger partial charge in [0, 0.05) is 5.25 Å². The third kappa shape index (κ3) is 2.82. The number of amides is 2. The average Bonchev–Trinajstić information content (AvgIpc) is 3.61. The van der Waals surface area contributed by atoms with Gasteiger partial charge in [-0.25, -0.2) is 4.90 Å². The largest absolute Gasteiger partial charge is 0.469 e. The topological polar surface area (TPSA) is 83.4 Å². The summed E-state index contributed by atoms with van der Waals surface area (Å²) in [6.45, 7) is 0. The normalized spacial score (nSPS) is 33.2. The zero-order valence-electron chi connectivity index (χ0n) is 17.8. The molecule has 2 aliphatic carbocycles. The first kappa shape index (κ1) is 21.5. The number of alkyl halides is 3. The van der Waals surface area contributed by atoms with Crippen molar-refractivity contribution in [2.24, 2.45) is 29.6 Å². The van der Waals surface area contributed by atoms with Gasteiger partial charge in [-0.05, 0) is 48.4 Å². The van der Waals surface area contributed by atoms with Crippen LogP contribution >= 0.6 is 23.1 Å². The van der Waals surface area contributed by atoms with E-state index < -0.39 is 41.1 Å². The van der Waals surface area contributed by atoms with E-state index in [-0.39, 0.29) is 33.8 Å². The summed E-state index contributed by atoms with van der Waals surface area (Å²) >= 11 is 2.64. The number of nitrogens with zero attached hydrogens (tertiary/aromatic N) is 1. The van der Waals surface area contributed by atoms with Crippen LogP contribution in [0.2, 0.25) is 0 Å². The molecule has 2 aromatic heterocycles. The molecule has 2 amide bonds. The number of halogens is 3. The van der Waals surface area contributed by atoms with Gasteiger partial charge in [0.1, 0.15) is 5.76 Å². The molecule has 4 aliphatic rings. The minimum absolute atomic E-state index is 0.0522. The van der Waals surface area contributed by atoms with Crippen LogP contribution in [0.25, 0.3) is 0 Å². The van der Waals surface area contributed by atoms with Gasteiger partial charge in [0.15, 0.2) is 0 Å². The molecule has 4 heterocycles. The van der Waals surface area contributed by atoms with Crippen molar-refractivity contribution in [1.82, 2.24) is 4.98 Å². The Kier molecular flexibility index (Phi) is 4.38. The number of rotatable bonds is 2. The Labute approximate surface area is 204 Å². The van der Waals surface area contributed by atoms with Gasteiger partial charge in [0.25, 0.3) is 0 Å². The van der Waals surface area contributed by atoms with Crippen molar-refractivity contribution in [2.75, 3.05) is 4.90 Å². The second-order valence-electron chi connectivity index (χ2n) is 9.50. The third-order valence-electron chi connectivity index (χ3n) is 8.02. The summed E-state index contributed by atoms with van der Waals surface area (Å²) in [5, 5.41) is 0.700. The van der Waals surface area contributed by atoms with Crippen molar-refractivity contribution < 1.29 is 27.2 Å². The van der Waals surface area contributed by atoms with Gasteiger partial charge < -0.3 is 9.40 Å². The zero-order valence-corrected chi connectivity index (χ0v) is 19.5. The Morgan fingerprint density at radius 2 is 1.74 bits per heavy atom. The molecule has 2 bridgehead atoms. The van der Waals surface area contributed by atoms with E-state index in [0.29, 0.717) is 12.2 Å². The number of para-hydroxylation sites is 1.